The van der Waals surface area contributed by atoms with E-state index in [1.165, 1.54) is 38.8 Å². The van der Waals surface area contributed by atoms with Crippen LogP contribution in [-0.4, -0.2) is 48.1 Å². The number of nitriles is 1. The van der Waals surface area contributed by atoms with E-state index in [-0.39, 0.29) is 5.92 Å². The highest BCUT2D eigenvalue weighted by Crippen LogP contribution is 2.27. The van der Waals surface area contributed by atoms with Gasteiger partial charge in [0.25, 0.3) is 0 Å². The van der Waals surface area contributed by atoms with Crippen molar-refractivity contribution in [1.29, 1.82) is 5.26 Å². The second-order valence-electron chi connectivity index (χ2n) is 6.11. The average molecular weight is 249 g/mol. The molecule has 18 heavy (non-hydrogen) atoms. The summed E-state index contributed by atoms with van der Waals surface area (Å²) in [7, 11) is 0. The fraction of sp³-hybridized carbons (Fsp3) is 0.933. The Morgan fingerprint density at radius 1 is 1.00 bits per heavy atom. The van der Waals surface area contributed by atoms with Crippen molar-refractivity contribution in [2.45, 2.75) is 58.0 Å². The molecule has 3 nitrogen and oxygen atoms in total. The van der Waals surface area contributed by atoms with Crippen LogP contribution in [-0.2, 0) is 0 Å². The van der Waals surface area contributed by atoms with Gasteiger partial charge in [0, 0.05) is 38.3 Å². The molecule has 0 spiro atoms. The third kappa shape index (κ3) is 3.24. The second-order valence-corrected chi connectivity index (χ2v) is 6.11. The lowest BCUT2D eigenvalue weighted by Crippen LogP contribution is -2.53. The van der Waals surface area contributed by atoms with E-state index in [0.717, 1.165) is 19.5 Å². The molecule has 1 aliphatic heterocycles. The smallest absolute Gasteiger partial charge is 0.0672 e. The monoisotopic (exact) mass is 249 g/mol. The summed E-state index contributed by atoms with van der Waals surface area (Å²) in [5.41, 5.74) is 0. The van der Waals surface area contributed by atoms with Crippen molar-refractivity contribution in [3.8, 4) is 6.07 Å². The van der Waals surface area contributed by atoms with Crippen molar-refractivity contribution < 1.29 is 0 Å². The van der Waals surface area contributed by atoms with E-state index in [4.69, 9.17) is 0 Å². The summed E-state index contributed by atoms with van der Waals surface area (Å²) in [5, 5.41) is 9.37. The maximum absolute atomic E-state index is 9.37. The first-order valence-electron chi connectivity index (χ1n) is 7.60. The third-order valence-corrected chi connectivity index (χ3v) is 4.69. The van der Waals surface area contributed by atoms with Crippen LogP contribution in [0.1, 0.15) is 46.0 Å². The van der Waals surface area contributed by atoms with Crippen molar-refractivity contribution in [2.75, 3.05) is 26.2 Å². The first kappa shape index (κ1) is 13.8. The Morgan fingerprint density at radius 3 is 2.28 bits per heavy atom. The summed E-state index contributed by atoms with van der Waals surface area (Å²) in [6, 6.07) is 3.76. The van der Waals surface area contributed by atoms with Gasteiger partial charge in [-0.1, -0.05) is 19.3 Å². The molecule has 2 aliphatic rings. The van der Waals surface area contributed by atoms with E-state index in [1.807, 2.05) is 0 Å². The van der Waals surface area contributed by atoms with Gasteiger partial charge in [0.2, 0.25) is 0 Å². The van der Waals surface area contributed by atoms with Gasteiger partial charge in [-0.25, -0.2) is 0 Å². The maximum Gasteiger partial charge on any atom is 0.0672 e. The summed E-state index contributed by atoms with van der Waals surface area (Å²) in [6.07, 6.45) is 6.24. The molecule has 0 amide bonds. The van der Waals surface area contributed by atoms with Gasteiger partial charge < -0.3 is 0 Å². The second kappa shape index (κ2) is 6.54. The standard InChI is InChI=1S/C15H27N3/c1-13(2)17-8-10-18(11-9-17)15-7-5-3-4-6-14(15)12-16/h13-15H,3-11H2,1-2H3. The Kier molecular flexibility index (Phi) is 5.03. The van der Waals surface area contributed by atoms with E-state index >= 15 is 0 Å². The fourth-order valence-electron chi connectivity index (χ4n) is 3.46. The van der Waals surface area contributed by atoms with Crippen molar-refractivity contribution in [2.24, 2.45) is 5.92 Å². The largest absolute Gasteiger partial charge is 0.298 e. The van der Waals surface area contributed by atoms with Crippen molar-refractivity contribution in [3.05, 3.63) is 0 Å². The van der Waals surface area contributed by atoms with Crippen molar-refractivity contribution in [3.63, 3.8) is 0 Å². The van der Waals surface area contributed by atoms with E-state index in [2.05, 4.69) is 29.7 Å². The van der Waals surface area contributed by atoms with Gasteiger partial charge in [0.1, 0.15) is 0 Å². The summed E-state index contributed by atoms with van der Waals surface area (Å²) < 4.78 is 0. The Labute approximate surface area is 112 Å². The lowest BCUT2D eigenvalue weighted by Gasteiger charge is -2.41. The number of piperazine rings is 1. The van der Waals surface area contributed by atoms with Crippen molar-refractivity contribution in [1.82, 2.24) is 9.80 Å². The minimum atomic E-state index is 0.276. The first-order valence-corrected chi connectivity index (χ1v) is 7.60. The van der Waals surface area contributed by atoms with Crippen LogP contribution in [0.5, 0.6) is 0 Å². The molecule has 0 aromatic rings. The van der Waals surface area contributed by atoms with Crippen LogP contribution in [0, 0.1) is 17.2 Å². The minimum absolute atomic E-state index is 0.276. The highest BCUT2D eigenvalue weighted by atomic mass is 15.3. The average Bonchev–Trinajstić information content (AvgIpc) is 2.63. The molecule has 2 unspecified atom stereocenters. The Balaban J connectivity index is 1.92. The first-order chi connectivity index (χ1) is 8.72. The molecule has 0 radical (unpaired) electrons. The van der Waals surface area contributed by atoms with Crippen LogP contribution in [0.4, 0.5) is 0 Å². The number of rotatable bonds is 2. The van der Waals surface area contributed by atoms with E-state index in [1.54, 1.807) is 0 Å². The Morgan fingerprint density at radius 2 is 1.67 bits per heavy atom. The molecule has 1 saturated heterocycles. The molecule has 1 aliphatic carbocycles. The summed E-state index contributed by atoms with van der Waals surface area (Å²) in [4.78, 5) is 5.15. The molecule has 2 atom stereocenters. The van der Waals surface area contributed by atoms with E-state index in [0.29, 0.717) is 12.1 Å². The molecule has 0 aromatic heterocycles. The highest BCUT2D eigenvalue weighted by molar-refractivity contribution is 4.95. The predicted molar refractivity (Wildman–Crippen MR) is 74.3 cm³/mol. The van der Waals surface area contributed by atoms with E-state index < -0.39 is 0 Å². The van der Waals surface area contributed by atoms with Crippen molar-refractivity contribution >= 4 is 0 Å². The topological polar surface area (TPSA) is 30.3 Å². The normalized spacial score (nSPS) is 32.1. The zero-order valence-electron chi connectivity index (χ0n) is 11.9. The number of nitrogens with zero attached hydrogens (tertiary/aromatic N) is 3. The van der Waals surface area contributed by atoms with Gasteiger partial charge in [-0.15, -0.1) is 0 Å². The molecule has 102 valence electrons. The molecule has 1 saturated carbocycles. The molecule has 0 N–H and O–H groups in total. The van der Waals surface area contributed by atoms with Crippen LogP contribution < -0.4 is 0 Å². The lowest BCUT2D eigenvalue weighted by atomic mass is 9.94. The summed E-state index contributed by atoms with van der Waals surface area (Å²) in [5.74, 6) is 0.276. The molecule has 0 aromatic carbocycles. The zero-order chi connectivity index (χ0) is 13.0. The van der Waals surface area contributed by atoms with Crippen LogP contribution in [0.15, 0.2) is 0 Å². The molecular formula is C15H27N3. The van der Waals surface area contributed by atoms with Gasteiger partial charge in [0.15, 0.2) is 0 Å². The van der Waals surface area contributed by atoms with E-state index in [9.17, 15) is 5.26 Å². The summed E-state index contributed by atoms with van der Waals surface area (Å²) in [6.45, 7) is 9.21. The molecule has 2 rings (SSSR count). The van der Waals surface area contributed by atoms with Gasteiger partial charge in [-0.05, 0) is 26.7 Å². The number of hydrogen-bond donors (Lipinski definition) is 0. The van der Waals surface area contributed by atoms with Gasteiger partial charge in [-0.3, -0.25) is 9.80 Å². The molecule has 2 fully saturated rings. The lowest BCUT2D eigenvalue weighted by molar-refractivity contribution is 0.0619. The van der Waals surface area contributed by atoms with Gasteiger partial charge in [0.05, 0.1) is 12.0 Å². The maximum atomic E-state index is 9.37. The van der Waals surface area contributed by atoms with Gasteiger partial charge >= 0.3 is 0 Å². The molecular weight excluding hydrogens is 222 g/mol. The molecule has 3 heteroatoms. The summed E-state index contributed by atoms with van der Waals surface area (Å²) >= 11 is 0. The van der Waals surface area contributed by atoms with Crippen LogP contribution in [0.2, 0.25) is 0 Å². The SMILES string of the molecule is CC(C)N1CCN(C2CCCCCC2C#N)CC1. The number of hydrogen-bond acceptors (Lipinski definition) is 3. The molecule has 1 heterocycles. The highest BCUT2D eigenvalue weighted by Gasteiger charge is 2.31. The minimum Gasteiger partial charge on any atom is -0.298 e. The third-order valence-electron chi connectivity index (χ3n) is 4.69. The van der Waals surface area contributed by atoms with Gasteiger partial charge in [-0.2, -0.15) is 5.26 Å². The zero-order valence-corrected chi connectivity index (χ0v) is 11.9. The fourth-order valence-corrected chi connectivity index (χ4v) is 3.46. The quantitative estimate of drug-likeness (QED) is 0.704. The van der Waals surface area contributed by atoms with Crippen LogP contribution in [0.3, 0.4) is 0 Å². The Bertz CT molecular complexity index is 287. The van der Waals surface area contributed by atoms with Crippen LogP contribution >= 0.6 is 0 Å². The Hall–Kier alpha value is -0.590. The van der Waals surface area contributed by atoms with Crippen LogP contribution in [0.25, 0.3) is 0 Å². The molecule has 0 bridgehead atoms. The predicted octanol–water partition coefficient (Wildman–Crippen LogP) is 2.48.